The molecule has 0 N–H and O–H groups in total. The van der Waals surface area contributed by atoms with E-state index in [-0.39, 0.29) is 5.60 Å². The second kappa shape index (κ2) is 8.88. The molecule has 5 rings (SSSR count). The van der Waals surface area contributed by atoms with Crippen molar-refractivity contribution in [1.29, 1.82) is 0 Å². The first kappa shape index (κ1) is 21.5. The molecule has 1 fully saturated rings. The Morgan fingerprint density at radius 1 is 1.03 bits per heavy atom. The molecule has 1 saturated heterocycles. The second-order valence-electron chi connectivity index (χ2n) is 9.95. The molecule has 2 aliphatic heterocycles. The van der Waals surface area contributed by atoms with Gasteiger partial charge < -0.3 is 4.74 Å². The van der Waals surface area contributed by atoms with Gasteiger partial charge in [0.1, 0.15) is 11.4 Å². The van der Waals surface area contributed by atoms with Crippen molar-refractivity contribution in [1.82, 2.24) is 9.88 Å². The van der Waals surface area contributed by atoms with Gasteiger partial charge in [0.05, 0.1) is 0 Å². The Morgan fingerprint density at radius 3 is 2.59 bits per heavy atom. The Bertz CT molecular complexity index is 1080. The molecule has 3 aromatic rings. The number of fused-ring (bicyclic) bond motifs is 1. The van der Waals surface area contributed by atoms with Gasteiger partial charge in [-0.15, -0.1) is 0 Å². The molecule has 2 aromatic carbocycles. The van der Waals surface area contributed by atoms with Crippen molar-refractivity contribution in [3.8, 4) is 5.75 Å². The fourth-order valence-corrected chi connectivity index (χ4v) is 5.21. The summed E-state index contributed by atoms with van der Waals surface area (Å²) in [6.07, 6.45) is 6.36. The summed E-state index contributed by atoms with van der Waals surface area (Å²) in [5.74, 6) is 1.56. The van der Waals surface area contributed by atoms with E-state index < -0.39 is 0 Å². The van der Waals surface area contributed by atoms with Crippen LogP contribution in [-0.4, -0.2) is 28.6 Å². The van der Waals surface area contributed by atoms with Gasteiger partial charge in [-0.1, -0.05) is 41.9 Å². The van der Waals surface area contributed by atoms with Gasteiger partial charge in [-0.2, -0.15) is 0 Å². The fraction of sp³-hybridized carbons (Fsp3) is 0.393. The third-order valence-electron chi connectivity index (χ3n) is 6.63. The van der Waals surface area contributed by atoms with Crippen LogP contribution in [0.4, 0.5) is 0 Å². The van der Waals surface area contributed by atoms with Gasteiger partial charge in [-0.3, -0.25) is 9.88 Å². The smallest absolute Gasteiger partial charge is 0.123 e. The first-order chi connectivity index (χ1) is 15.4. The minimum atomic E-state index is -0.0808. The molecule has 0 radical (unpaired) electrons. The van der Waals surface area contributed by atoms with Gasteiger partial charge in [0.25, 0.3) is 0 Å². The first-order valence-electron chi connectivity index (χ1n) is 11.7. The summed E-state index contributed by atoms with van der Waals surface area (Å²) >= 11 is 6.00. The van der Waals surface area contributed by atoms with Crippen LogP contribution in [0.1, 0.15) is 60.6 Å². The van der Waals surface area contributed by atoms with E-state index in [0.717, 1.165) is 43.2 Å². The van der Waals surface area contributed by atoms with Crippen molar-refractivity contribution in [2.24, 2.45) is 0 Å². The third-order valence-corrected chi connectivity index (χ3v) is 6.88. The van der Waals surface area contributed by atoms with Crippen molar-refractivity contribution in [2.45, 2.75) is 57.6 Å². The number of halogens is 1. The summed E-state index contributed by atoms with van der Waals surface area (Å²) in [5.41, 5.74) is 6.38. The number of nitrogens with zero attached hydrogens (tertiary/aromatic N) is 2. The number of benzene rings is 2. The molecule has 3 heterocycles. The predicted molar refractivity (Wildman–Crippen MR) is 131 cm³/mol. The number of piperidine rings is 1. The molecule has 0 amide bonds. The Labute approximate surface area is 196 Å². The second-order valence-corrected chi connectivity index (χ2v) is 10.4. The molecular formula is C28H31ClN2O. The molecule has 0 saturated carbocycles. The molecule has 2 aliphatic rings. The van der Waals surface area contributed by atoms with Crippen molar-refractivity contribution in [2.75, 3.05) is 13.1 Å². The maximum absolute atomic E-state index is 6.04. The Hall–Kier alpha value is -2.36. The van der Waals surface area contributed by atoms with Gasteiger partial charge in [-0.05, 0) is 86.2 Å². The number of ether oxygens (including phenoxy) is 1. The van der Waals surface area contributed by atoms with Crippen molar-refractivity contribution in [3.05, 3.63) is 93.8 Å². The number of hydrogen-bond donors (Lipinski definition) is 0. The van der Waals surface area contributed by atoms with E-state index in [9.17, 15) is 0 Å². The third kappa shape index (κ3) is 5.00. The molecular weight excluding hydrogens is 416 g/mol. The average Bonchev–Trinajstić information content (AvgIpc) is 3.09. The van der Waals surface area contributed by atoms with Crippen LogP contribution in [0.15, 0.2) is 60.8 Å². The summed E-state index contributed by atoms with van der Waals surface area (Å²) < 4.78 is 6.04. The molecule has 1 unspecified atom stereocenters. The lowest BCUT2D eigenvalue weighted by Crippen LogP contribution is -2.34. The van der Waals surface area contributed by atoms with Crippen LogP contribution in [-0.2, 0) is 19.4 Å². The predicted octanol–water partition coefficient (Wildman–Crippen LogP) is 6.42. The zero-order valence-corrected chi connectivity index (χ0v) is 19.7. The number of aromatic nitrogens is 1. The quantitative estimate of drug-likeness (QED) is 0.452. The van der Waals surface area contributed by atoms with Crippen molar-refractivity contribution >= 4 is 11.6 Å². The summed E-state index contributed by atoms with van der Waals surface area (Å²) in [6.45, 7) is 7.55. The minimum Gasteiger partial charge on any atom is -0.487 e. The van der Waals surface area contributed by atoms with E-state index in [1.54, 1.807) is 0 Å². The van der Waals surface area contributed by atoms with Crippen LogP contribution < -0.4 is 4.74 Å². The monoisotopic (exact) mass is 446 g/mol. The molecule has 0 bridgehead atoms. The molecule has 1 aromatic heterocycles. The lowest BCUT2D eigenvalue weighted by molar-refractivity contribution is 0.138. The number of hydrogen-bond acceptors (Lipinski definition) is 3. The highest BCUT2D eigenvalue weighted by molar-refractivity contribution is 6.30. The Kier molecular flexibility index (Phi) is 5.96. The lowest BCUT2D eigenvalue weighted by atomic mass is 9.93. The number of pyridine rings is 1. The standard InChI is InChI=1S/C28H31ClN2O/c1-28(2)16-24-15-22(8-12-27(24)32-28)18-31-13-3-4-23(19-31)26-11-7-21(17-30-26)14-20-5-9-25(29)10-6-20/h5-12,15,17,23H,3-4,13-14,16,18-19H2,1-2H3. The Balaban J connectivity index is 1.21. The first-order valence-corrected chi connectivity index (χ1v) is 12.0. The van der Waals surface area contributed by atoms with E-state index in [1.165, 1.54) is 40.8 Å². The zero-order chi connectivity index (χ0) is 22.1. The van der Waals surface area contributed by atoms with E-state index in [2.05, 4.69) is 61.2 Å². The average molecular weight is 447 g/mol. The van der Waals surface area contributed by atoms with Crippen molar-refractivity contribution < 1.29 is 4.74 Å². The zero-order valence-electron chi connectivity index (χ0n) is 19.0. The highest BCUT2D eigenvalue weighted by Crippen LogP contribution is 2.36. The van der Waals surface area contributed by atoms with Crippen LogP contribution in [0.25, 0.3) is 0 Å². The molecule has 0 spiro atoms. The lowest BCUT2D eigenvalue weighted by Gasteiger charge is -2.32. The van der Waals surface area contributed by atoms with Gasteiger partial charge in [0.2, 0.25) is 0 Å². The molecule has 1 atom stereocenters. The Morgan fingerprint density at radius 2 is 1.81 bits per heavy atom. The summed E-state index contributed by atoms with van der Waals surface area (Å²) in [6, 6.07) is 19.3. The van der Waals surface area contributed by atoms with Gasteiger partial charge in [-0.25, -0.2) is 0 Å². The maximum Gasteiger partial charge on any atom is 0.123 e. The van der Waals surface area contributed by atoms with Crippen LogP contribution in [0.5, 0.6) is 5.75 Å². The molecule has 166 valence electrons. The summed E-state index contributed by atoms with van der Waals surface area (Å²) in [7, 11) is 0. The van der Waals surface area contributed by atoms with E-state index >= 15 is 0 Å². The number of rotatable bonds is 5. The topological polar surface area (TPSA) is 25.4 Å². The van der Waals surface area contributed by atoms with Gasteiger partial charge >= 0.3 is 0 Å². The van der Waals surface area contributed by atoms with Gasteiger partial charge in [0, 0.05) is 42.3 Å². The van der Waals surface area contributed by atoms with E-state index in [4.69, 9.17) is 21.3 Å². The fourth-order valence-electron chi connectivity index (χ4n) is 5.08. The number of likely N-dealkylation sites (tertiary alicyclic amines) is 1. The minimum absolute atomic E-state index is 0.0808. The molecule has 3 nitrogen and oxygen atoms in total. The van der Waals surface area contributed by atoms with E-state index in [1.807, 2.05) is 18.3 Å². The highest BCUT2D eigenvalue weighted by atomic mass is 35.5. The normalized spacial score (nSPS) is 20.0. The van der Waals surface area contributed by atoms with Crippen molar-refractivity contribution in [3.63, 3.8) is 0 Å². The summed E-state index contributed by atoms with van der Waals surface area (Å²) in [5, 5.41) is 0.779. The van der Waals surface area contributed by atoms with Crippen LogP contribution in [0.2, 0.25) is 5.02 Å². The maximum atomic E-state index is 6.04. The van der Waals surface area contributed by atoms with Gasteiger partial charge in [0.15, 0.2) is 0 Å². The summed E-state index contributed by atoms with van der Waals surface area (Å²) in [4.78, 5) is 7.43. The largest absolute Gasteiger partial charge is 0.487 e. The highest BCUT2D eigenvalue weighted by Gasteiger charge is 2.30. The molecule has 32 heavy (non-hydrogen) atoms. The van der Waals surface area contributed by atoms with E-state index in [0.29, 0.717) is 5.92 Å². The molecule has 0 aliphatic carbocycles. The van der Waals surface area contributed by atoms with Crippen LogP contribution >= 0.6 is 11.6 Å². The SMILES string of the molecule is CC1(C)Cc2cc(CN3CCCC(c4ccc(Cc5ccc(Cl)cc5)cn4)C3)ccc2O1. The van der Waals surface area contributed by atoms with Crippen LogP contribution in [0, 0.1) is 0 Å². The molecule has 4 heteroatoms. The van der Waals surface area contributed by atoms with Crippen LogP contribution in [0.3, 0.4) is 0 Å².